The minimum atomic E-state index is 0.976. The van der Waals surface area contributed by atoms with Crippen molar-refractivity contribution in [1.29, 1.82) is 0 Å². The van der Waals surface area contributed by atoms with Crippen molar-refractivity contribution in [3.05, 3.63) is 28.0 Å². The quantitative estimate of drug-likeness (QED) is 0.813. The molecule has 0 saturated heterocycles. The van der Waals surface area contributed by atoms with Gasteiger partial charge in [-0.15, -0.1) is 0 Å². The van der Waals surface area contributed by atoms with E-state index < -0.39 is 0 Å². The summed E-state index contributed by atoms with van der Waals surface area (Å²) in [6, 6.07) is 1.98. The zero-order valence-corrected chi connectivity index (χ0v) is 9.27. The number of fused-ring (bicyclic) bond motifs is 1. The molecule has 0 spiro atoms. The van der Waals surface area contributed by atoms with Crippen LogP contribution in [0.15, 0.2) is 16.7 Å². The van der Waals surface area contributed by atoms with E-state index in [0.717, 1.165) is 16.5 Å². The Labute approximate surface area is 85.5 Å². The van der Waals surface area contributed by atoms with Crippen molar-refractivity contribution >= 4 is 27.0 Å². The van der Waals surface area contributed by atoms with E-state index in [0.29, 0.717) is 0 Å². The van der Waals surface area contributed by atoms with Gasteiger partial charge in [-0.1, -0.05) is 6.92 Å². The van der Waals surface area contributed by atoms with Crippen LogP contribution in [0.1, 0.15) is 18.2 Å². The maximum Gasteiger partial charge on any atom is 0.138 e. The fraction of sp³-hybridized carbons (Fsp3) is 0.300. The second kappa shape index (κ2) is 3.14. The number of hydrogen-bond acceptors (Lipinski definition) is 1. The van der Waals surface area contributed by atoms with Gasteiger partial charge in [0.1, 0.15) is 5.65 Å². The molecule has 2 aromatic heterocycles. The maximum absolute atomic E-state index is 4.29. The molecule has 0 radical (unpaired) electrons. The third kappa shape index (κ3) is 1.27. The van der Waals surface area contributed by atoms with Crippen molar-refractivity contribution in [2.75, 3.05) is 0 Å². The lowest BCUT2D eigenvalue weighted by Crippen LogP contribution is -1.81. The first-order chi connectivity index (χ1) is 6.24. The summed E-state index contributed by atoms with van der Waals surface area (Å²) in [5.41, 5.74) is 3.55. The van der Waals surface area contributed by atoms with Gasteiger partial charge in [0.2, 0.25) is 0 Å². The van der Waals surface area contributed by atoms with E-state index in [2.05, 4.69) is 39.7 Å². The van der Waals surface area contributed by atoms with Crippen molar-refractivity contribution < 1.29 is 0 Å². The Balaban J connectivity index is 2.88. The first-order valence-electron chi connectivity index (χ1n) is 4.35. The lowest BCUT2D eigenvalue weighted by atomic mass is 10.1. The molecule has 3 heteroatoms. The highest BCUT2D eigenvalue weighted by Crippen LogP contribution is 2.27. The van der Waals surface area contributed by atoms with Crippen LogP contribution in [0.2, 0.25) is 0 Å². The topological polar surface area (TPSA) is 28.7 Å². The van der Waals surface area contributed by atoms with Gasteiger partial charge in [-0.05, 0) is 40.9 Å². The average Bonchev–Trinajstić information content (AvgIpc) is 2.42. The molecule has 0 aliphatic rings. The molecular weight excluding hydrogens is 228 g/mol. The Morgan fingerprint density at radius 3 is 3.00 bits per heavy atom. The normalized spacial score (nSPS) is 11.0. The predicted molar refractivity (Wildman–Crippen MR) is 57.9 cm³/mol. The number of aromatic nitrogens is 2. The Morgan fingerprint density at radius 1 is 1.54 bits per heavy atom. The number of nitrogens with one attached hydrogen (secondary N) is 1. The third-order valence-electron chi connectivity index (χ3n) is 2.31. The second-order valence-electron chi connectivity index (χ2n) is 3.10. The summed E-state index contributed by atoms with van der Waals surface area (Å²) in [4.78, 5) is 7.56. The van der Waals surface area contributed by atoms with Gasteiger partial charge in [-0.2, -0.15) is 0 Å². The lowest BCUT2D eigenvalue weighted by Gasteiger charge is -1.96. The van der Waals surface area contributed by atoms with E-state index in [1.54, 1.807) is 0 Å². The summed E-state index contributed by atoms with van der Waals surface area (Å²) < 4.78 is 1.12. The minimum Gasteiger partial charge on any atom is -0.343 e. The molecule has 13 heavy (non-hydrogen) atoms. The molecule has 0 aliphatic carbocycles. The van der Waals surface area contributed by atoms with Gasteiger partial charge in [0, 0.05) is 21.7 Å². The van der Waals surface area contributed by atoms with Crippen molar-refractivity contribution in [3.63, 3.8) is 0 Å². The number of aryl methyl sites for hydroxylation is 2. The summed E-state index contributed by atoms with van der Waals surface area (Å²) in [7, 11) is 0. The monoisotopic (exact) mass is 238 g/mol. The van der Waals surface area contributed by atoms with Crippen LogP contribution < -0.4 is 0 Å². The molecule has 2 nitrogen and oxygen atoms in total. The highest BCUT2D eigenvalue weighted by molar-refractivity contribution is 9.10. The molecular formula is C10H11BrN2. The van der Waals surface area contributed by atoms with E-state index in [9.17, 15) is 0 Å². The molecule has 2 heterocycles. The van der Waals surface area contributed by atoms with Crippen molar-refractivity contribution in [1.82, 2.24) is 9.97 Å². The van der Waals surface area contributed by atoms with Crippen LogP contribution in [0.25, 0.3) is 11.0 Å². The Kier molecular flexibility index (Phi) is 2.12. The molecule has 0 amide bonds. The Morgan fingerprint density at radius 2 is 2.31 bits per heavy atom. The van der Waals surface area contributed by atoms with Crippen LogP contribution in [0.3, 0.4) is 0 Å². The molecule has 0 saturated carbocycles. The van der Waals surface area contributed by atoms with Crippen LogP contribution in [0.5, 0.6) is 0 Å². The van der Waals surface area contributed by atoms with E-state index in [1.165, 1.54) is 16.6 Å². The molecule has 2 aromatic rings. The van der Waals surface area contributed by atoms with Gasteiger partial charge < -0.3 is 4.98 Å². The highest BCUT2D eigenvalue weighted by atomic mass is 79.9. The smallest absolute Gasteiger partial charge is 0.138 e. The van der Waals surface area contributed by atoms with Gasteiger partial charge in [0.25, 0.3) is 0 Å². The summed E-state index contributed by atoms with van der Waals surface area (Å²) in [5, 5.41) is 1.22. The fourth-order valence-electron chi connectivity index (χ4n) is 1.70. The highest BCUT2D eigenvalue weighted by Gasteiger charge is 2.09. The van der Waals surface area contributed by atoms with Gasteiger partial charge in [-0.25, -0.2) is 4.98 Å². The van der Waals surface area contributed by atoms with Crippen LogP contribution in [-0.4, -0.2) is 9.97 Å². The van der Waals surface area contributed by atoms with Crippen LogP contribution in [0.4, 0.5) is 0 Å². The molecule has 68 valence electrons. The number of hydrogen-bond donors (Lipinski definition) is 1. The second-order valence-corrected chi connectivity index (χ2v) is 3.95. The number of H-pyrrole nitrogens is 1. The van der Waals surface area contributed by atoms with Gasteiger partial charge >= 0.3 is 0 Å². The summed E-state index contributed by atoms with van der Waals surface area (Å²) in [5.74, 6) is 0. The maximum atomic E-state index is 4.29. The molecule has 0 aromatic carbocycles. The number of nitrogens with zero attached hydrogens (tertiary/aromatic N) is 1. The molecule has 1 N–H and O–H groups in total. The van der Waals surface area contributed by atoms with E-state index in [4.69, 9.17) is 0 Å². The van der Waals surface area contributed by atoms with Gasteiger partial charge in [0.05, 0.1) is 0 Å². The molecule has 0 aliphatic heterocycles. The van der Waals surface area contributed by atoms with E-state index in [1.807, 2.05) is 12.3 Å². The minimum absolute atomic E-state index is 0.976. The summed E-state index contributed by atoms with van der Waals surface area (Å²) >= 11 is 3.54. The fourth-order valence-corrected chi connectivity index (χ4v) is 2.25. The van der Waals surface area contributed by atoms with Crippen LogP contribution in [-0.2, 0) is 6.42 Å². The first kappa shape index (κ1) is 8.75. The molecule has 0 bridgehead atoms. The summed E-state index contributed by atoms with van der Waals surface area (Å²) in [6.45, 7) is 4.25. The zero-order valence-electron chi connectivity index (χ0n) is 7.69. The van der Waals surface area contributed by atoms with E-state index >= 15 is 0 Å². The van der Waals surface area contributed by atoms with Crippen LogP contribution >= 0.6 is 15.9 Å². The average molecular weight is 239 g/mol. The molecule has 0 atom stereocenters. The number of halogens is 1. The van der Waals surface area contributed by atoms with E-state index in [-0.39, 0.29) is 0 Å². The number of pyridine rings is 1. The Hall–Kier alpha value is -0.830. The van der Waals surface area contributed by atoms with Crippen LogP contribution in [0, 0.1) is 6.92 Å². The summed E-state index contributed by atoms with van der Waals surface area (Å²) in [6.07, 6.45) is 2.85. The predicted octanol–water partition coefficient (Wildman–Crippen LogP) is 3.20. The lowest BCUT2D eigenvalue weighted by molar-refractivity contribution is 1.11. The third-order valence-corrected chi connectivity index (χ3v) is 2.97. The number of rotatable bonds is 1. The largest absolute Gasteiger partial charge is 0.343 e. The Bertz CT molecular complexity index is 445. The van der Waals surface area contributed by atoms with Crippen molar-refractivity contribution in [3.8, 4) is 0 Å². The molecule has 0 fully saturated rings. The number of aromatic amines is 1. The first-order valence-corrected chi connectivity index (χ1v) is 5.15. The SMILES string of the molecule is CCc1c(C)[nH]c2nccc(Br)c12. The van der Waals surface area contributed by atoms with Crippen molar-refractivity contribution in [2.24, 2.45) is 0 Å². The zero-order chi connectivity index (χ0) is 9.42. The standard InChI is InChI=1S/C10H11BrN2/c1-3-7-6(2)13-10-9(7)8(11)4-5-12-10/h4-5H,3H2,1-2H3,(H,12,13). The van der Waals surface area contributed by atoms with Gasteiger partial charge in [-0.3, -0.25) is 0 Å². The molecule has 2 rings (SSSR count). The van der Waals surface area contributed by atoms with Crippen molar-refractivity contribution in [2.45, 2.75) is 20.3 Å². The molecule has 0 unspecified atom stereocenters. The van der Waals surface area contributed by atoms with Gasteiger partial charge in [0.15, 0.2) is 0 Å².